The molecule has 1 saturated carbocycles. The Morgan fingerprint density at radius 2 is 1.57 bits per heavy atom. The predicted octanol–water partition coefficient (Wildman–Crippen LogP) is 3.69. The van der Waals surface area contributed by atoms with Gasteiger partial charge < -0.3 is 4.90 Å². The van der Waals surface area contributed by atoms with Crippen LogP contribution in [0.15, 0.2) is 0 Å². The first-order chi connectivity index (χ1) is 6.79. The van der Waals surface area contributed by atoms with Gasteiger partial charge in [0.2, 0.25) is 0 Å². The molecule has 0 spiro atoms. The van der Waals surface area contributed by atoms with Crippen LogP contribution in [0.4, 0.5) is 0 Å². The van der Waals surface area contributed by atoms with E-state index in [1.165, 1.54) is 51.6 Å². The third-order valence-electron chi connectivity index (χ3n) is 3.56. The van der Waals surface area contributed by atoms with Gasteiger partial charge in [0.05, 0.1) is 0 Å². The molecule has 1 heteroatoms. The molecule has 0 aromatic heterocycles. The van der Waals surface area contributed by atoms with Gasteiger partial charge in [-0.1, -0.05) is 33.6 Å². The second-order valence-corrected chi connectivity index (χ2v) is 4.87. The van der Waals surface area contributed by atoms with Gasteiger partial charge in [0.25, 0.3) is 0 Å². The second-order valence-electron chi connectivity index (χ2n) is 4.87. The van der Waals surface area contributed by atoms with Crippen LogP contribution < -0.4 is 0 Å². The van der Waals surface area contributed by atoms with E-state index in [1.807, 2.05) is 0 Å². The highest BCUT2D eigenvalue weighted by atomic mass is 15.2. The van der Waals surface area contributed by atoms with Crippen molar-refractivity contribution < 1.29 is 0 Å². The summed E-state index contributed by atoms with van der Waals surface area (Å²) in [6, 6.07) is 0.892. The lowest BCUT2D eigenvalue weighted by atomic mass is 9.84. The van der Waals surface area contributed by atoms with Crippen molar-refractivity contribution in [3.05, 3.63) is 0 Å². The van der Waals surface area contributed by atoms with E-state index in [-0.39, 0.29) is 0 Å². The lowest BCUT2D eigenvalue weighted by Gasteiger charge is -2.38. The molecule has 1 rings (SSSR count). The summed E-state index contributed by atoms with van der Waals surface area (Å²) in [6.45, 7) is 9.67. The average Bonchev–Trinajstić information content (AvgIpc) is 2.18. The Hall–Kier alpha value is -0.0400. The third kappa shape index (κ3) is 3.27. The maximum atomic E-state index is 2.74. The highest BCUT2D eigenvalue weighted by molar-refractivity contribution is 4.80. The fourth-order valence-electron chi connectivity index (χ4n) is 2.86. The van der Waals surface area contributed by atoms with Crippen molar-refractivity contribution in [2.45, 2.75) is 65.3 Å². The van der Waals surface area contributed by atoms with E-state index in [0.717, 1.165) is 12.0 Å². The Bertz CT molecular complexity index is 138. The molecule has 0 N–H and O–H groups in total. The molecule has 0 aliphatic heterocycles. The minimum atomic E-state index is 0.892. The van der Waals surface area contributed by atoms with Crippen LogP contribution in [-0.4, -0.2) is 24.0 Å². The summed E-state index contributed by atoms with van der Waals surface area (Å²) >= 11 is 0. The van der Waals surface area contributed by atoms with Crippen molar-refractivity contribution >= 4 is 0 Å². The smallest absolute Gasteiger partial charge is 0.0121 e. The van der Waals surface area contributed by atoms with Gasteiger partial charge in [0.1, 0.15) is 0 Å². The first-order valence-electron chi connectivity index (χ1n) is 6.53. The van der Waals surface area contributed by atoms with E-state index in [0.29, 0.717) is 0 Å². The molecule has 84 valence electrons. The molecule has 0 radical (unpaired) electrons. The monoisotopic (exact) mass is 197 g/mol. The number of nitrogens with zero attached hydrogens (tertiary/aromatic N) is 1. The summed E-state index contributed by atoms with van der Waals surface area (Å²) in [5, 5.41) is 0. The van der Waals surface area contributed by atoms with Crippen LogP contribution in [0.3, 0.4) is 0 Å². The molecule has 1 nitrogen and oxygen atoms in total. The maximum Gasteiger partial charge on any atom is 0.0121 e. The molecule has 1 fully saturated rings. The fraction of sp³-hybridized carbons (Fsp3) is 1.00. The molecule has 14 heavy (non-hydrogen) atoms. The van der Waals surface area contributed by atoms with E-state index in [4.69, 9.17) is 0 Å². The van der Waals surface area contributed by atoms with Gasteiger partial charge in [0, 0.05) is 6.04 Å². The Morgan fingerprint density at radius 3 is 2.07 bits per heavy atom. The molecule has 1 aliphatic carbocycles. The largest absolute Gasteiger partial charge is 0.300 e. The molecule has 1 aliphatic rings. The van der Waals surface area contributed by atoms with Crippen molar-refractivity contribution in [1.82, 2.24) is 4.90 Å². The zero-order valence-corrected chi connectivity index (χ0v) is 10.3. The van der Waals surface area contributed by atoms with E-state index in [9.17, 15) is 0 Å². The minimum absolute atomic E-state index is 0.892. The molecule has 0 saturated heterocycles. The maximum absolute atomic E-state index is 2.74. The Kier molecular flexibility index (Phi) is 5.54. The van der Waals surface area contributed by atoms with Crippen LogP contribution in [0.1, 0.15) is 59.3 Å². The van der Waals surface area contributed by atoms with Gasteiger partial charge in [0.15, 0.2) is 0 Å². The van der Waals surface area contributed by atoms with Gasteiger partial charge in [-0.2, -0.15) is 0 Å². The van der Waals surface area contributed by atoms with Crippen molar-refractivity contribution in [3.8, 4) is 0 Å². The van der Waals surface area contributed by atoms with Crippen LogP contribution >= 0.6 is 0 Å². The molecule has 0 aromatic rings. The van der Waals surface area contributed by atoms with Crippen LogP contribution in [0, 0.1) is 5.92 Å². The van der Waals surface area contributed by atoms with Crippen molar-refractivity contribution in [3.63, 3.8) is 0 Å². The van der Waals surface area contributed by atoms with Crippen LogP contribution in [0.2, 0.25) is 0 Å². The predicted molar refractivity (Wildman–Crippen MR) is 63.6 cm³/mol. The molecule has 0 heterocycles. The normalized spacial score (nSPS) is 28.3. The van der Waals surface area contributed by atoms with Gasteiger partial charge >= 0.3 is 0 Å². The molecular weight excluding hydrogens is 170 g/mol. The lowest BCUT2D eigenvalue weighted by Crippen LogP contribution is -2.42. The number of hydrogen-bond donors (Lipinski definition) is 0. The highest BCUT2D eigenvalue weighted by Crippen LogP contribution is 2.28. The minimum Gasteiger partial charge on any atom is -0.300 e. The molecule has 0 bridgehead atoms. The first kappa shape index (κ1) is 12.0. The van der Waals surface area contributed by atoms with Gasteiger partial charge in [-0.3, -0.25) is 0 Å². The summed E-state index contributed by atoms with van der Waals surface area (Å²) < 4.78 is 0. The van der Waals surface area contributed by atoms with Crippen LogP contribution in [-0.2, 0) is 0 Å². The molecule has 0 aromatic carbocycles. The van der Waals surface area contributed by atoms with E-state index < -0.39 is 0 Å². The fourth-order valence-corrected chi connectivity index (χ4v) is 2.86. The van der Waals surface area contributed by atoms with Crippen LogP contribution in [0.5, 0.6) is 0 Å². The van der Waals surface area contributed by atoms with Crippen molar-refractivity contribution in [1.29, 1.82) is 0 Å². The highest BCUT2D eigenvalue weighted by Gasteiger charge is 2.25. The molecule has 2 atom stereocenters. The Balaban J connectivity index is 2.46. The Morgan fingerprint density at radius 1 is 1.00 bits per heavy atom. The molecule has 0 unspecified atom stereocenters. The third-order valence-corrected chi connectivity index (χ3v) is 3.56. The van der Waals surface area contributed by atoms with Crippen molar-refractivity contribution in [2.24, 2.45) is 5.92 Å². The second kappa shape index (κ2) is 6.44. The SMILES string of the molecule is CCCN(CCC)[C@H]1CCCC[C@@H]1C. The summed E-state index contributed by atoms with van der Waals surface area (Å²) in [5.41, 5.74) is 0. The molecule has 0 amide bonds. The van der Waals surface area contributed by atoms with Gasteiger partial charge in [-0.25, -0.2) is 0 Å². The van der Waals surface area contributed by atoms with E-state index in [1.54, 1.807) is 0 Å². The number of hydrogen-bond acceptors (Lipinski definition) is 1. The topological polar surface area (TPSA) is 3.24 Å². The quantitative estimate of drug-likeness (QED) is 0.650. The number of rotatable bonds is 5. The standard InChI is InChI=1S/C13H27N/c1-4-10-14(11-5-2)13-9-7-6-8-12(13)3/h12-13H,4-11H2,1-3H3/t12-,13-/m0/s1. The van der Waals surface area contributed by atoms with Crippen molar-refractivity contribution in [2.75, 3.05) is 13.1 Å². The summed E-state index contributed by atoms with van der Waals surface area (Å²) in [4.78, 5) is 2.74. The first-order valence-corrected chi connectivity index (χ1v) is 6.53. The van der Waals surface area contributed by atoms with Gasteiger partial charge in [-0.05, 0) is 44.7 Å². The summed E-state index contributed by atoms with van der Waals surface area (Å²) in [5.74, 6) is 0.932. The lowest BCUT2D eigenvalue weighted by molar-refractivity contribution is 0.112. The average molecular weight is 197 g/mol. The van der Waals surface area contributed by atoms with Gasteiger partial charge in [-0.15, -0.1) is 0 Å². The summed E-state index contributed by atoms with van der Waals surface area (Å²) in [7, 11) is 0. The van der Waals surface area contributed by atoms with E-state index >= 15 is 0 Å². The molecular formula is C13H27N. The summed E-state index contributed by atoms with van der Waals surface area (Å²) in [6.07, 6.45) is 8.44. The zero-order valence-electron chi connectivity index (χ0n) is 10.3. The zero-order chi connectivity index (χ0) is 10.4. The Labute approximate surface area is 89.9 Å². The van der Waals surface area contributed by atoms with Crippen LogP contribution in [0.25, 0.3) is 0 Å². The van der Waals surface area contributed by atoms with E-state index in [2.05, 4.69) is 25.7 Å².